The van der Waals surface area contributed by atoms with Gasteiger partial charge in [-0.15, -0.1) is 0 Å². The van der Waals surface area contributed by atoms with Crippen LogP contribution in [0.15, 0.2) is 30.3 Å². The minimum Gasteiger partial charge on any atom is -0.480 e. The van der Waals surface area contributed by atoms with Crippen molar-refractivity contribution in [1.29, 1.82) is 0 Å². The third-order valence-corrected chi connectivity index (χ3v) is 3.25. The predicted molar refractivity (Wildman–Crippen MR) is 81.8 cm³/mol. The van der Waals surface area contributed by atoms with Crippen molar-refractivity contribution in [2.24, 2.45) is 11.7 Å². The molecule has 1 aromatic rings. The summed E-state index contributed by atoms with van der Waals surface area (Å²) in [4.78, 5) is 23.1. The van der Waals surface area contributed by atoms with Crippen LogP contribution in [0.2, 0.25) is 0 Å². The predicted octanol–water partition coefficient (Wildman–Crippen LogP) is 1.56. The van der Waals surface area contributed by atoms with E-state index in [0.717, 1.165) is 5.56 Å². The van der Waals surface area contributed by atoms with Gasteiger partial charge in [0.25, 0.3) is 0 Å². The number of carboxylic acids is 1. The Morgan fingerprint density at radius 1 is 1.24 bits per heavy atom. The number of nitrogens with two attached hydrogens (primary N) is 1. The van der Waals surface area contributed by atoms with Crippen LogP contribution in [-0.4, -0.2) is 29.1 Å². The third kappa shape index (κ3) is 6.40. The van der Waals surface area contributed by atoms with Crippen molar-refractivity contribution in [2.45, 2.75) is 45.2 Å². The van der Waals surface area contributed by atoms with E-state index in [1.54, 1.807) is 0 Å². The average Bonchev–Trinajstić information content (AvgIpc) is 2.44. The van der Waals surface area contributed by atoms with Gasteiger partial charge < -0.3 is 16.2 Å². The largest absolute Gasteiger partial charge is 0.480 e. The molecule has 0 aliphatic carbocycles. The molecule has 0 bridgehead atoms. The summed E-state index contributed by atoms with van der Waals surface area (Å²) in [6, 6.07) is 8.18. The molecule has 0 heterocycles. The fraction of sp³-hybridized carbons (Fsp3) is 0.500. The molecule has 0 saturated carbocycles. The maximum absolute atomic E-state index is 12.0. The van der Waals surface area contributed by atoms with Gasteiger partial charge in [0.05, 0.1) is 6.04 Å². The topological polar surface area (TPSA) is 92.4 Å². The number of carbonyl (C=O) groups is 2. The maximum atomic E-state index is 12.0. The van der Waals surface area contributed by atoms with Gasteiger partial charge in [0.1, 0.15) is 6.04 Å². The van der Waals surface area contributed by atoms with Crippen LogP contribution in [0.25, 0.3) is 0 Å². The van der Waals surface area contributed by atoms with E-state index in [0.29, 0.717) is 19.3 Å². The van der Waals surface area contributed by atoms with E-state index in [4.69, 9.17) is 10.8 Å². The number of hydrogen-bond donors (Lipinski definition) is 3. The lowest BCUT2D eigenvalue weighted by Crippen LogP contribution is -2.49. The molecule has 116 valence electrons. The summed E-state index contributed by atoms with van der Waals surface area (Å²) in [7, 11) is 0. The summed E-state index contributed by atoms with van der Waals surface area (Å²) in [5.74, 6) is -1.24. The standard InChI is InChI=1S/C16H24N2O3/c1-11(2)10-14(16(20)21)18-15(19)13(17)9-8-12-6-4-3-5-7-12/h3-7,11,13-14H,8-10,17H2,1-2H3,(H,18,19)(H,20,21)/t13?,14-/m1/s1. The van der Waals surface area contributed by atoms with Gasteiger partial charge in [0, 0.05) is 0 Å². The fourth-order valence-corrected chi connectivity index (χ4v) is 2.07. The molecule has 0 saturated heterocycles. The molecule has 0 spiro atoms. The molecule has 5 nitrogen and oxygen atoms in total. The highest BCUT2D eigenvalue weighted by Gasteiger charge is 2.23. The number of carboxylic acid groups (broad SMARTS) is 1. The summed E-state index contributed by atoms with van der Waals surface area (Å²) < 4.78 is 0. The molecular weight excluding hydrogens is 268 g/mol. The van der Waals surface area contributed by atoms with Gasteiger partial charge in [-0.1, -0.05) is 44.2 Å². The van der Waals surface area contributed by atoms with Gasteiger partial charge in [0.2, 0.25) is 5.91 Å². The molecule has 5 heteroatoms. The lowest BCUT2D eigenvalue weighted by molar-refractivity contribution is -0.142. The SMILES string of the molecule is CC(C)C[C@@H](NC(=O)C(N)CCc1ccccc1)C(=O)O. The van der Waals surface area contributed by atoms with Gasteiger partial charge in [-0.05, 0) is 30.7 Å². The highest BCUT2D eigenvalue weighted by molar-refractivity contribution is 5.86. The second kappa shape index (κ2) is 8.42. The average molecular weight is 292 g/mol. The number of nitrogens with one attached hydrogen (secondary N) is 1. The third-order valence-electron chi connectivity index (χ3n) is 3.25. The maximum Gasteiger partial charge on any atom is 0.326 e. The fourth-order valence-electron chi connectivity index (χ4n) is 2.07. The minimum atomic E-state index is -1.02. The van der Waals surface area contributed by atoms with E-state index >= 15 is 0 Å². The number of benzene rings is 1. The van der Waals surface area contributed by atoms with Crippen LogP contribution in [0.4, 0.5) is 0 Å². The van der Waals surface area contributed by atoms with Gasteiger partial charge in [-0.25, -0.2) is 4.79 Å². The molecule has 0 fully saturated rings. The van der Waals surface area contributed by atoms with Crippen LogP contribution in [-0.2, 0) is 16.0 Å². The Balaban J connectivity index is 2.47. The van der Waals surface area contributed by atoms with Crippen molar-refractivity contribution in [3.63, 3.8) is 0 Å². The molecule has 4 N–H and O–H groups in total. The first kappa shape index (κ1) is 17.2. The molecule has 0 aliphatic heterocycles. The molecule has 1 rings (SSSR count). The summed E-state index contributed by atoms with van der Waals surface area (Å²) in [6.07, 6.45) is 1.58. The van der Waals surface area contributed by atoms with E-state index in [1.165, 1.54) is 0 Å². The number of aliphatic carboxylic acids is 1. The number of carbonyl (C=O) groups excluding carboxylic acids is 1. The lowest BCUT2D eigenvalue weighted by atomic mass is 10.0. The van der Waals surface area contributed by atoms with Gasteiger partial charge in [-0.2, -0.15) is 0 Å². The van der Waals surface area contributed by atoms with Crippen LogP contribution in [0.3, 0.4) is 0 Å². The Hall–Kier alpha value is -1.88. The van der Waals surface area contributed by atoms with E-state index in [-0.39, 0.29) is 5.92 Å². The van der Waals surface area contributed by atoms with E-state index < -0.39 is 24.0 Å². The highest BCUT2D eigenvalue weighted by atomic mass is 16.4. The Bertz CT molecular complexity index is 460. The summed E-state index contributed by atoms with van der Waals surface area (Å²) in [6.45, 7) is 3.83. The summed E-state index contributed by atoms with van der Waals surface area (Å²) >= 11 is 0. The molecule has 2 atom stereocenters. The van der Waals surface area contributed by atoms with Crippen LogP contribution in [0.1, 0.15) is 32.3 Å². The van der Waals surface area contributed by atoms with E-state index in [9.17, 15) is 9.59 Å². The van der Waals surface area contributed by atoms with Crippen LogP contribution in [0, 0.1) is 5.92 Å². The van der Waals surface area contributed by atoms with E-state index in [1.807, 2.05) is 44.2 Å². The zero-order chi connectivity index (χ0) is 15.8. The smallest absolute Gasteiger partial charge is 0.326 e. The Labute approximate surface area is 125 Å². The van der Waals surface area contributed by atoms with Gasteiger partial charge in [-0.3, -0.25) is 4.79 Å². The Kier molecular flexibility index (Phi) is 6.88. The number of rotatable bonds is 8. The van der Waals surface area contributed by atoms with Crippen molar-refractivity contribution >= 4 is 11.9 Å². The van der Waals surface area contributed by atoms with Crippen LogP contribution >= 0.6 is 0 Å². The van der Waals surface area contributed by atoms with Crippen molar-refractivity contribution in [1.82, 2.24) is 5.32 Å². The molecule has 0 aromatic heterocycles. The quantitative estimate of drug-likeness (QED) is 0.678. The van der Waals surface area contributed by atoms with Crippen molar-refractivity contribution < 1.29 is 14.7 Å². The number of amides is 1. The first-order valence-electron chi connectivity index (χ1n) is 7.22. The molecule has 0 aliphatic rings. The normalized spacial score (nSPS) is 13.7. The first-order valence-corrected chi connectivity index (χ1v) is 7.22. The molecule has 1 unspecified atom stereocenters. The van der Waals surface area contributed by atoms with Crippen molar-refractivity contribution in [3.05, 3.63) is 35.9 Å². The first-order chi connectivity index (χ1) is 9.90. The molecule has 1 aromatic carbocycles. The van der Waals surface area contributed by atoms with Crippen LogP contribution in [0.5, 0.6) is 0 Å². The number of hydrogen-bond acceptors (Lipinski definition) is 3. The monoisotopic (exact) mass is 292 g/mol. The summed E-state index contributed by atoms with van der Waals surface area (Å²) in [5.41, 5.74) is 6.95. The zero-order valence-corrected chi connectivity index (χ0v) is 12.6. The van der Waals surface area contributed by atoms with Gasteiger partial charge in [0.15, 0.2) is 0 Å². The summed E-state index contributed by atoms with van der Waals surface area (Å²) in [5, 5.41) is 11.6. The Morgan fingerprint density at radius 3 is 2.38 bits per heavy atom. The minimum absolute atomic E-state index is 0.187. The van der Waals surface area contributed by atoms with Gasteiger partial charge >= 0.3 is 5.97 Å². The molecular formula is C16H24N2O3. The van der Waals surface area contributed by atoms with Crippen molar-refractivity contribution in [2.75, 3.05) is 0 Å². The molecule has 1 amide bonds. The molecule has 21 heavy (non-hydrogen) atoms. The Morgan fingerprint density at radius 2 is 1.86 bits per heavy atom. The lowest BCUT2D eigenvalue weighted by Gasteiger charge is -2.19. The highest BCUT2D eigenvalue weighted by Crippen LogP contribution is 2.07. The molecule has 0 radical (unpaired) electrons. The van der Waals surface area contributed by atoms with E-state index in [2.05, 4.69) is 5.32 Å². The van der Waals surface area contributed by atoms with Crippen LogP contribution < -0.4 is 11.1 Å². The number of aryl methyl sites for hydroxylation is 1. The van der Waals surface area contributed by atoms with Crippen molar-refractivity contribution in [3.8, 4) is 0 Å². The second-order valence-corrected chi connectivity index (χ2v) is 5.66. The second-order valence-electron chi connectivity index (χ2n) is 5.66. The zero-order valence-electron chi connectivity index (χ0n) is 12.6.